The summed E-state index contributed by atoms with van der Waals surface area (Å²) in [4.78, 5) is 31.9. The summed E-state index contributed by atoms with van der Waals surface area (Å²) in [5.74, 6) is 0.616. The van der Waals surface area contributed by atoms with Crippen molar-refractivity contribution in [1.29, 1.82) is 0 Å². The molecule has 2 heterocycles. The number of amides is 1. The Balaban J connectivity index is 1.30. The highest BCUT2D eigenvalue weighted by molar-refractivity contribution is 7.18. The number of thiophene rings is 1. The number of aryl methyl sites for hydroxylation is 3. The molecule has 0 atom stereocenters. The minimum absolute atomic E-state index is 0.151. The van der Waals surface area contributed by atoms with Crippen LogP contribution in [0.5, 0.6) is 11.5 Å². The number of aromatic nitrogens is 2. The van der Waals surface area contributed by atoms with E-state index < -0.39 is 0 Å². The van der Waals surface area contributed by atoms with Gasteiger partial charge < -0.3 is 14.8 Å². The molecule has 0 radical (unpaired) electrons. The van der Waals surface area contributed by atoms with Crippen LogP contribution in [-0.2, 0) is 17.6 Å². The van der Waals surface area contributed by atoms with Crippen LogP contribution in [0.4, 0.5) is 5.69 Å². The highest BCUT2D eigenvalue weighted by atomic mass is 32.1. The first-order chi connectivity index (χ1) is 17.5. The van der Waals surface area contributed by atoms with Crippen LogP contribution in [0, 0.1) is 6.92 Å². The molecule has 36 heavy (non-hydrogen) atoms. The molecule has 0 spiro atoms. The summed E-state index contributed by atoms with van der Waals surface area (Å²) in [5.41, 5.74) is 3.41. The summed E-state index contributed by atoms with van der Waals surface area (Å²) in [7, 11) is 1.53. The average Bonchev–Trinajstić information content (AvgIpc) is 3.28. The highest BCUT2D eigenvalue weighted by Gasteiger charge is 2.20. The van der Waals surface area contributed by atoms with E-state index in [0.717, 1.165) is 47.3 Å². The van der Waals surface area contributed by atoms with E-state index in [0.29, 0.717) is 22.4 Å². The third-order valence-corrected chi connectivity index (χ3v) is 7.36. The van der Waals surface area contributed by atoms with Gasteiger partial charge in [-0.25, -0.2) is 4.98 Å². The van der Waals surface area contributed by atoms with Crippen LogP contribution in [0.1, 0.15) is 34.4 Å². The summed E-state index contributed by atoms with van der Waals surface area (Å²) in [6, 6.07) is 12.8. The largest absolute Gasteiger partial charge is 0.493 e. The highest BCUT2D eigenvalue weighted by Crippen LogP contribution is 2.33. The van der Waals surface area contributed by atoms with Crippen molar-refractivity contribution in [3.8, 4) is 11.5 Å². The molecule has 4 aromatic rings. The molecule has 0 saturated carbocycles. The van der Waals surface area contributed by atoms with E-state index in [2.05, 4.69) is 15.4 Å². The lowest BCUT2D eigenvalue weighted by Crippen LogP contribution is -2.20. The molecule has 1 aliphatic carbocycles. The van der Waals surface area contributed by atoms with Crippen molar-refractivity contribution in [3.63, 3.8) is 0 Å². The molecule has 8 nitrogen and oxygen atoms in total. The third-order valence-electron chi connectivity index (χ3n) is 6.16. The number of carbonyl (C=O) groups is 1. The summed E-state index contributed by atoms with van der Waals surface area (Å²) < 4.78 is 12.4. The summed E-state index contributed by atoms with van der Waals surface area (Å²) in [6.45, 7) is 1.76. The first-order valence-corrected chi connectivity index (χ1v) is 12.6. The van der Waals surface area contributed by atoms with E-state index in [1.807, 2.05) is 31.2 Å². The number of anilines is 1. The Labute approximate surface area is 212 Å². The molecule has 0 aliphatic heterocycles. The maximum atomic E-state index is 13.1. The summed E-state index contributed by atoms with van der Waals surface area (Å²) >= 11 is 1.62. The molecule has 5 rings (SSSR count). The van der Waals surface area contributed by atoms with Crippen LogP contribution in [0.2, 0.25) is 0 Å². The molecule has 9 heteroatoms. The predicted molar refractivity (Wildman–Crippen MR) is 142 cm³/mol. The fourth-order valence-corrected chi connectivity index (χ4v) is 5.49. The van der Waals surface area contributed by atoms with Gasteiger partial charge >= 0.3 is 0 Å². The van der Waals surface area contributed by atoms with E-state index in [1.54, 1.807) is 35.8 Å². The molecule has 1 aliphatic rings. The van der Waals surface area contributed by atoms with Crippen molar-refractivity contribution in [3.05, 3.63) is 80.7 Å². The second-order valence-electron chi connectivity index (χ2n) is 8.59. The molecule has 0 fully saturated rings. The number of rotatable bonds is 7. The lowest BCUT2D eigenvalue weighted by Gasteiger charge is -2.12. The van der Waals surface area contributed by atoms with Crippen molar-refractivity contribution in [2.75, 3.05) is 19.0 Å². The minimum atomic E-state index is -0.269. The number of ether oxygens (including phenoxy) is 2. The Hall–Kier alpha value is -3.98. The number of nitrogens with zero attached hydrogens (tertiary/aromatic N) is 3. The number of nitrogens with one attached hydrogen (secondary N) is 1. The van der Waals surface area contributed by atoms with Crippen molar-refractivity contribution in [1.82, 2.24) is 9.66 Å². The second-order valence-corrected chi connectivity index (χ2v) is 9.68. The number of hydrogen-bond donors (Lipinski definition) is 1. The van der Waals surface area contributed by atoms with Gasteiger partial charge in [0.25, 0.3) is 11.5 Å². The van der Waals surface area contributed by atoms with Crippen LogP contribution in [-0.4, -0.2) is 35.5 Å². The van der Waals surface area contributed by atoms with E-state index >= 15 is 0 Å². The quantitative estimate of drug-likeness (QED) is 0.374. The van der Waals surface area contributed by atoms with Crippen LogP contribution in [0.15, 0.2) is 58.7 Å². The van der Waals surface area contributed by atoms with E-state index in [4.69, 9.17) is 9.47 Å². The van der Waals surface area contributed by atoms with Gasteiger partial charge in [0.15, 0.2) is 18.1 Å². The zero-order valence-corrected chi connectivity index (χ0v) is 20.9. The molecular weight excluding hydrogens is 476 g/mol. The normalized spacial score (nSPS) is 13.1. The summed E-state index contributed by atoms with van der Waals surface area (Å²) in [5, 5.41) is 7.88. The maximum absolute atomic E-state index is 13.1. The minimum Gasteiger partial charge on any atom is -0.493 e. The number of carbonyl (C=O) groups excluding carboxylic acids is 1. The van der Waals surface area contributed by atoms with Gasteiger partial charge in [-0.05, 0) is 73.6 Å². The molecule has 0 saturated heterocycles. The Morgan fingerprint density at radius 1 is 1.19 bits per heavy atom. The molecule has 2 aromatic heterocycles. The SMILES string of the molecule is COc1cc(/C=N\n2cnc3sc4c(c3c2=O)CCCC4)ccc1OCC(=O)Nc1ccccc1C. The molecule has 0 unspecified atom stereocenters. The van der Waals surface area contributed by atoms with Gasteiger partial charge in [-0.15, -0.1) is 11.3 Å². The average molecular weight is 503 g/mol. The lowest BCUT2D eigenvalue weighted by atomic mass is 9.97. The standard InChI is InChI=1S/C27H26N4O4S/c1-17-7-3-5-9-20(17)30-24(32)15-35-21-12-11-18(13-22(21)34-2)14-29-31-16-28-26-25(27(31)33)19-8-4-6-10-23(19)36-26/h3,5,7,9,11-14,16H,4,6,8,10,15H2,1-2H3,(H,30,32)/b29-14-. The first kappa shape index (κ1) is 23.7. The van der Waals surface area contributed by atoms with Crippen LogP contribution in [0.25, 0.3) is 10.2 Å². The van der Waals surface area contributed by atoms with Crippen molar-refractivity contribution < 1.29 is 14.3 Å². The van der Waals surface area contributed by atoms with E-state index in [-0.39, 0.29) is 18.1 Å². The van der Waals surface area contributed by atoms with Crippen molar-refractivity contribution in [2.45, 2.75) is 32.6 Å². The van der Waals surface area contributed by atoms with Gasteiger partial charge in [-0.3, -0.25) is 9.59 Å². The number of methoxy groups -OCH3 is 1. The first-order valence-electron chi connectivity index (χ1n) is 11.8. The Morgan fingerprint density at radius 2 is 2.03 bits per heavy atom. The van der Waals surface area contributed by atoms with Crippen LogP contribution in [0.3, 0.4) is 0 Å². The fraction of sp³-hybridized carbons (Fsp3) is 0.259. The maximum Gasteiger partial charge on any atom is 0.282 e. The number of para-hydroxylation sites is 1. The Morgan fingerprint density at radius 3 is 2.86 bits per heavy atom. The smallest absolute Gasteiger partial charge is 0.282 e. The topological polar surface area (TPSA) is 94.8 Å². The number of benzene rings is 2. The van der Waals surface area contributed by atoms with Gasteiger partial charge in [-0.2, -0.15) is 9.78 Å². The molecular formula is C27H26N4O4S. The number of hydrogen-bond acceptors (Lipinski definition) is 7. The molecule has 1 N–H and O–H groups in total. The zero-order chi connectivity index (χ0) is 25.1. The monoisotopic (exact) mass is 502 g/mol. The predicted octanol–water partition coefficient (Wildman–Crippen LogP) is 4.55. The molecule has 184 valence electrons. The van der Waals surface area contributed by atoms with Crippen LogP contribution < -0.4 is 20.3 Å². The Kier molecular flexibility index (Phi) is 6.81. The molecule has 2 aromatic carbocycles. The van der Waals surface area contributed by atoms with Gasteiger partial charge in [0.2, 0.25) is 0 Å². The third kappa shape index (κ3) is 4.87. The van der Waals surface area contributed by atoms with E-state index in [9.17, 15) is 9.59 Å². The summed E-state index contributed by atoms with van der Waals surface area (Å²) in [6.07, 6.45) is 7.22. The van der Waals surface area contributed by atoms with Gasteiger partial charge in [0.1, 0.15) is 11.2 Å². The second kappa shape index (κ2) is 10.3. The lowest BCUT2D eigenvalue weighted by molar-refractivity contribution is -0.118. The van der Waals surface area contributed by atoms with Gasteiger partial charge in [-0.1, -0.05) is 18.2 Å². The zero-order valence-electron chi connectivity index (χ0n) is 20.1. The van der Waals surface area contributed by atoms with Crippen molar-refractivity contribution in [2.24, 2.45) is 5.10 Å². The van der Waals surface area contributed by atoms with E-state index in [1.165, 1.54) is 23.0 Å². The van der Waals surface area contributed by atoms with Crippen molar-refractivity contribution >= 4 is 39.4 Å². The van der Waals surface area contributed by atoms with Gasteiger partial charge in [0, 0.05) is 10.6 Å². The Bertz CT molecular complexity index is 1520. The molecule has 0 bridgehead atoms. The van der Waals surface area contributed by atoms with Gasteiger partial charge in [0.05, 0.1) is 18.7 Å². The molecule has 1 amide bonds. The van der Waals surface area contributed by atoms with Crippen LogP contribution >= 0.6 is 11.3 Å². The fourth-order valence-electron chi connectivity index (χ4n) is 4.27. The number of fused-ring (bicyclic) bond motifs is 3.